The van der Waals surface area contributed by atoms with Gasteiger partial charge in [-0.25, -0.2) is 9.37 Å². The number of ether oxygens (including phenoxy) is 1. The lowest BCUT2D eigenvalue weighted by Crippen LogP contribution is -2.49. The van der Waals surface area contributed by atoms with Gasteiger partial charge in [0.15, 0.2) is 0 Å². The van der Waals surface area contributed by atoms with E-state index >= 15 is 0 Å². The summed E-state index contributed by atoms with van der Waals surface area (Å²) in [4.78, 5) is 18.8. The van der Waals surface area contributed by atoms with Gasteiger partial charge in [0.05, 0.1) is 6.10 Å². The number of likely N-dealkylation sites (tertiary alicyclic amines) is 1. The Kier molecular flexibility index (Phi) is 6.04. The number of rotatable bonds is 6. The normalized spacial score (nSPS) is 20.3. The van der Waals surface area contributed by atoms with E-state index in [9.17, 15) is 9.18 Å². The van der Waals surface area contributed by atoms with Crippen molar-refractivity contribution in [2.75, 3.05) is 20.2 Å². The number of benzene rings is 1. The topological polar surface area (TPSA) is 47.4 Å². The number of halogens is 1. The zero-order valence-corrected chi connectivity index (χ0v) is 15.4. The first-order chi connectivity index (χ1) is 12.6. The molecule has 0 N–H and O–H groups in total. The lowest BCUT2D eigenvalue weighted by molar-refractivity contribution is -0.137. The molecule has 1 fully saturated rings. The first-order valence-electron chi connectivity index (χ1n) is 9.16. The molecule has 26 heavy (non-hydrogen) atoms. The molecular weight excluding hydrogens is 333 g/mol. The lowest BCUT2D eigenvalue weighted by Gasteiger charge is -2.38. The molecule has 0 unspecified atom stereocenters. The Morgan fingerprint density at radius 1 is 1.38 bits per heavy atom. The fourth-order valence-corrected chi connectivity index (χ4v) is 3.68. The molecule has 0 bridgehead atoms. The number of hydrogen-bond acceptors (Lipinski definition) is 3. The molecule has 1 aliphatic heterocycles. The van der Waals surface area contributed by atoms with Crippen LogP contribution in [0.1, 0.15) is 24.7 Å². The van der Waals surface area contributed by atoms with Gasteiger partial charge in [-0.2, -0.15) is 0 Å². The number of hydrogen-bond donors (Lipinski definition) is 0. The molecule has 140 valence electrons. The Morgan fingerprint density at radius 2 is 2.19 bits per heavy atom. The first kappa shape index (κ1) is 18.6. The predicted octanol–water partition coefficient (Wildman–Crippen LogP) is 2.69. The zero-order valence-electron chi connectivity index (χ0n) is 15.4. The Bertz CT molecular complexity index is 746. The van der Waals surface area contributed by atoms with Gasteiger partial charge in [0, 0.05) is 39.0 Å². The Balaban J connectivity index is 1.62. The molecule has 1 amide bonds. The molecule has 1 aromatic heterocycles. The van der Waals surface area contributed by atoms with Crippen molar-refractivity contribution in [1.82, 2.24) is 14.5 Å². The maximum atomic E-state index is 13.9. The summed E-state index contributed by atoms with van der Waals surface area (Å²) in [5.41, 5.74) is 0.713. The van der Waals surface area contributed by atoms with Crippen molar-refractivity contribution in [3.8, 4) is 0 Å². The highest BCUT2D eigenvalue weighted by Gasteiger charge is 2.32. The molecule has 2 aromatic rings. The number of nitrogens with zero attached hydrogens (tertiary/aromatic N) is 3. The summed E-state index contributed by atoms with van der Waals surface area (Å²) < 4.78 is 21.5. The average Bonchev–Trinajstić information content (AvgIpc) is 3.11. The van der Waals surface area contributed by atoms with Gasteiger partial charge in [0.1, 0.15) is 18.2 Å². The van der Waals surface area contributed by atoms with Crippen molar-refractivity contribution in [1.29, 1.82) is 0 Å². The summed E-state index contributed by atoms with van der Waals surface area (Å²) in [5.74, 6) is 1.02. The van der Waals surface area contributed by atoms with E-state index in [1.807, 2.05) is 34.7 Å². The maximum Gasteiger partial charge on any atom is 0.242 e. The van der Waals surface area contributed by atoms with E-state index in [0.29, 0.717) is 31.6 Å². The second kappa shape index (κ2) is 8.45. The number of carbonyl (C=O) groups excluding carboxylic acids is 1. The molecule has 1 saturated heterocycles. The van der Waals surface area contributed by atoms with Gasteiger partial charge in [0.25, 0.3) is 0 Å². The van der Waals surface area contributed by atoms with Crippen LogP contribution in [0.15, 0.2) is 36.7 Å². The van der Waals surface area contributed by atoms with Crippen LogP contribution in [0, 0.1) is 11.7 Å². The van der Waals surface area contributed by atoms with Crippen LogP contribution in [-0.2, 0) is 28.9 Å². The van der Waals surface area contributed by atoms with E-state index in [1.165, 1.54) is 6.07 Å². The van der Waals surface area contributed by atoms with Gasteiger partial charge in [-0.1, -0.05) is 25.1 Å². The van der Waals surface area contributed by atoms with Crippen LogP contribution in [0.2, 0.25) is 0 Å². The summed E-state index contributed by atoms with van der Waals surface area (Å²) in [5, 5.41) is 0. The minimum atomic E-state index is -0.173. The van der Waals surface area contributed by atoms with Crippen molar-refractivity contribution in [3.63, 3.8) is 0 Å². The highest BCUT2D eigenvalue weighted by molar-refractivity contribution is 5.76. The number of imidazole rings is 1. The van der Waals surface area contributed by atoms with Crippen molar-refractivity contribution in [2.45, 2.75) is 38.8 Å². The fourth-order valence-electron chi connectivity index (χ4n) is 3.68. The van der Waals surface area contributed by atoms with Gasteiger partial charge in [-0.05, 0) is 30.4 Å². The van der Waals surface area contributed by atoms with Crippen LogP contribution in [0.3, 0.4) is 0 Å². The lowest BCUT2D eigenvalue weighted by atomic mass is 9.87. The molecule has 0 radical (unpaired) electrons. The standard InChI is InChI=1S/C20H26FN3O2/c1-3-19-22-9-11-23(19)14-20(25)24-10-8-16(18(13-24)26-2)12-15-6-4-5-7-17(15)21/h4-7,9,11,16,18H,3,8,10,12-14H2,1-2H3/t16-,18+/m1/s1. The van der Waals surface area contributed by atoms with E-state index in [1.54, 1.807) is 19.4 Å². The fraction of sp³-hybridized carbons (Fsp3) is 0.500. The van der Waals surface area contributed by atoms with E-state index in [0.717, 1.165) is 18.7 Å². The molecule has 2 atom stereocenters. The second-order valence-electron chi connectivity index (χ2n) is 6.78. The second-order valence-corrected chi connectivity index (χ2v) is 6.78. The SMILES string of the molecule is CCc1nccn1CC(=O)N1CC[C@H](Cc2ccccc2F)[C@@H](OC)C1. The molecule has 1 aliphatic rings. The molecule has 0 aliphatic carbocycles. The average molecular weight is 359 g/mol. The number of piperidine rings is 1. The number of aromatic nitrogens is 2. The van der Waals surface area contributed by atoms with Crippen LogP contribution < -0.4 is 0 Å². The van der Waals surface area contributed by atoms with E-state index in [-0.39, 0.29) is 23.7 Å². The monoisotopic (exact) mass is 359 g/mol. The van der Waals surface area contributed by atoms with Crippen LogP contribution in [0.25, 0.3) is 0 Å². The third kappa shape index (κ3) is 4.12. The summed E-state index contributed by atoms with van der Waals surface area (Å²) in [7, 11) is 1.66. The van der Waals surface area contributed by atoms with Crippen LogP contribution in [-0.4, -0.2) is 46.7 Å². The summed E-state index contributed by atoms with van der Waals surface area (Å²) >= 11 is 0. The predicted molar refractivity (Wildman–Crippen MR) is 97.2 cm³/mol. The van der Waals surface area contributed by atoms with Gasteiger partial charge in [-0.3, -0.25) is 4.79 Å². The van der Waals surface area contributed by atoms with Crippen molar-refractivity contribution in [2.24, 2.45) is 5.92 Å². The smallest absolute Gasteiger partial charge is 0.242 e. The molecule has 2 heterocycles. The first-order valence-corrected chi connectivity index (χ1v) is 9.16. The number of methoxy groups -OCH3 is 1. The molecule has 6 heteroatoms. The van der Waals surface area contributed by atoms with Crippen LogP contribution in [0.5, 0.6) is 0 Å². The largest absolute Gasteiger partial charge is 0.379 e. The number of amides is 1. The zero-order chi connectivity index (χ0) is 18.5. The van der Waals surface area contributed by atoms with Crippen LogP contribution >= 0.6 is 0 Å². The van der Waals surface area contributed by atoms with Gasteiger partial charge in [-0.15, -0.1) is 0 Å². The van der Waals surface area contributed by atoms with E-state index in [2.05, 4.69) is 4.98 Å². The van der Waals surface area contributed by atoms with Gasteiger partial charge in [0.2, 0.25) is 5.91 Å². The third-order valence-electron chi connectivity index (χ3n) is 5.21. The quantitative estimate of drug-likeness (QED) is 0.797. The summed E-state index contributed by atoms with van der Waals surface area (Å²) in [6.45, 7) is 3.55. The van der Waals surface area contributed by atoms with Crippen molar-refractivity contribution < 1.29 is 13.9 Å². The molecule has 0 saturated carbocycles. The Morgan fingerprint density at radius 3 is 2.92 bits per heavy atom. The number of aryl methyl sites for hydroxylation is 1. The third-order valence-corrected chi connectivity index (χ3v) is 5.21. The minimum absolute atomic E-state index is 0.0732. The van der Waals surface area contributed by atoms with Crippen molar-refractivity contribution in [3.05, 3.63) is 53.9 Å². The molecular formula is C20H26FN3O2. The van der Waals surface area contributed by atoms with Crippen LogP contribution in [0.4, 0.5) is 4.39 Å². The molecule has 5 nitrogen and oxygen atoms in total. The molecule has 0 spiro atoms. The highest BCUT2D eigenvalue weighted by atomic mass is 19.1. The number of carbonyl (C=O) groups is 1. The summed E-state index contributed by atoms with van der Waals surface area (Å²) in [6.07, 6.45) is 5.73. The summed E-state index contributed by atoms with van der Waals surface area (Å²) in [6, 6.07) is 6.88. The highest BCUT2D eigenvalue weighted by Crippen LogP contribution is 2.25. The Hall–Kier alpha value is -2.21. The maximum absolute atomic E-state index is 13.9. The molecule has 1 aromatic carbocycles. The Labute approximate surface area is 153 Å². The molecule has 3 rings (SSSR count). The van der Waals surface area contributed by atoms with E-state index in [4.69, 9.17) is 4.74 Å². The van der Waals surface area contributed by atoms with Crippen molar-refractivity contribution >= 4 is 5.91 Å². The van der Waals surface area contributed by atoms with E-state index < -0.39 is 0 Å². The van der Waals surface area contributed by atoms with Gasteiger partial charge < -0.3 is 14.2 Å². The minimum Gasteiger partial charge on any atom is -0.379 e. The van der Waals surface area contributed by atoms with Gasteiger partial charge >= 0.3 is 0 Å².